The molecule has 0 aliphatic carbocycles. The van der Waals surface area contributed by atoms with Gasteiger partial charge < -0.3 is 4.98 Å². The average molecular weight is 266 g/mol. The number of rotatable bonds is 0. The number of hydrogen-bond donors (Lipinski definition) is 1. The van der Waals surface area contributed by atoms with E-state index in [4.69, 9.17) is 0 Å². The summed E-state index contributed by atoms with van der Waals surface area (Å²) in [7, 11) is 0. The van der Waals surface area contributed by atoms with Crippen molar-refractivity contribution < 1.29 is 13.2 Å². The molecule has 0 spiro atoms. The molecule has 100 valence electrons. The SMILES string of the molecule is CC(C)(C)c1[nH]c2cc(C(F)(F)F)ccc2c1C#N. The van der Waals surface area contributed by atoms with Crippen molar-refractivity contribution in [1.29, 1.82) is 5.26 Å². The van der Waals surface area contributed by atoms with Crippen molar-refractivity contribution in [3.63, 3.8) is 0 Å². The van der Waals surface area contributed by atoms with Crippen LogP contribution in [-0.2, 0) is 11.6 Å². The van der Waals surface area contributed by atoms with Crippen molar-refractivity contribution >= 4 is 10.9 Å². The van der Waals surface area contributed by atoms with Gasteiger partial charge in [-0.3, -0.25) is 0 Å². The number of alkyl halides is 3. The van der Waals surface area contributed by atoms with Gasteiger partial charge in [0, 0.05) is 22.0 Å². The predicted octanol–water partition coefficient (Wildman–Crippen LogP) is 4.36. The molecular weight excluding hydrogens is 253 g/mol. The van der Waals surface area contributed by atoms with Crippen LogP contribution in [0.4, 0.5) is 13.2 Å². The van der Waals surface area contributed by atoms with E-state index in [9.17, 15) is 18.4 Å². The smallest absolute Gasteiger partial charge is 0.357 e. The zero-order valence-electron chi connectivity index (χ0n) is 10.8. The maximum atomic E-state index is 12.7. The molecule has 0 aliphatic rings. The molecule has 0 radical (unpaired) electrons. The van der Waals surface area contributed by atoms with Gasteiger partial charge in [-0.05, 0) is 12.1 Å². The van der Waals surface area contributed by atoms with E-state index in [0.717, 1.165) is 12.1 Å². The monoisotopic (exact) mass is 266 g/mol. The number of nitrogens with one attached hydrogen (secondary N) is 1. The lowest BCUT2D eigenvalue weighted by atomic mass is 9.89. The molecule has 1 aromatic heterocycles. The number of aromatic nitrogens is 1. The number of fused-ring (bicyclic) bond motifs is 1. The number of aromatic amines is 1. The highest BCUT2D eigenvalue weighted by Gasteiger charge is 2.31. The minimum absolute atomic E-state index is 0.331. The first-order chi connectivity index (χ1) is 8.64. The summed E-state index contributed by atoms with van der Waals surface area (Å²) in [6, 6.07) is 5.47. The highest BCUT2D eigenvalue weighted by molar-refractivity contribution is 5.88. The molecule has 2 aromatic rings. The van der Waals surface area contributed by atoms with Gasteiger partial charge in [0.2, 0.25) is 0 Å². The van der Waals surface area contributed by atoms with E-state index in [1.165, 1.54) is 6.07 Å². The number of halogens is 3. The number of nitrogens with zero attached hydrogens (tertiary/aromatic N) is 1. The molecule has 19 heavy (non-hydrogen) atoms. The third kappa shape index (κ3) is 2.30. The molecule has 0 amide bonds. The van der Waals surface area contributed by atoms with Crippen molar-refractivity contribution in [1.82, 2.24) is 4.98 Å². The van der Waals surface area contributed by atoms with E-state index in [1.807, 2.05) is 20.8 Å². The minimum atomic E-state index is -4.38. The largest absolute Gasteiger partial charge is 0.416 e. The van der Waals surface area contributed by atoms with Crippen LogP contribution < -0.4 is 0 Å². The molecule has 1 heterocycles. The van der Waals surface area contributed by atoms with Gasteiger partial charge in [0.25, 0.3) is 0 Å². The molecular formula is C14H13F3N2. The Balaban J connectivity index is 2.74. The van der Waals surface area contributed by atoms with E-state index < -0.39 is 11.7 Å². The van der Waals surface area contributed by atoms with E-state index >= 15 is 0 Å². The van der Waals surface area contributed by atoms with Gasteiger partial charge >= 0.3 is 6.18 Å². The summed E-state index contributed by atoms with van der Waals surface area (Å²) < 4.78 is 38.0. The summed E-state index contributed by atoms with van der Waals surface area (Å²) in [5.41, 5.74) is 0.366. The van der Waals surface area contributed by atoms with Gasteiger partial charge in [0.15, 0.2) is 0 Å². The Morgan fingerprint density at radius 3 is 2.26 bits per heavy atom. The predicted molar refractivity (Wildman–Crippen MR) is 66.7 cm³/mol. The van der Waals surface area contributed by atoms with Crippen molar-refractivity contribution in [2.45, 2.75) is 32.4 Å². The van der Waals surface area contributed by atoms with Crippen LogP contribution in [0.25, 0.3) is 10.9 Å². The van der Waals surface area contributed by atoms with Gasteiger partial charge in [-0.1, -0.05) is 26.8 Å². The minimum Gasteiger partial charge on any atom is -0.357 e. The molecule has 0 aliphatic heterocycles. The summed E-state index contributed by atoms with van der Waals surface area (Å²) >= 11 is 0. The molecule has 0 bridgehead atoms. The van der Waals surface area contributed by atoms with Crippen molar-refractivity contribution in [3.8, 4) is 6.07 Å². The lowest BCUT2D eigenvalue weighted by molar-refractivity contribution is -0.137. The standard InChI is InChI=1S/C14H13F3N2/c1-13(2,3)12-10(7-18)9-5-4-8(14(15,16)17)6-11(9)19-12/h4-6,19H,1-3H3. The van der Waals surface area contributed by atoms with Crippen LogP contribution in [0, 0.1) is 11.3 Å². The molecule has 5 heteroatoms. The summed E-state index contributed by atoms with van der Waals surface area (Å²) in [6.45, 7) is 5.72. The fraction of sp³-hybridized carbons (Fsp3) is 0.357. The van der Waals surface area contributed by atoms with Gasteiger partial charge in [-0.25, -0.2) is 0 Å². The molecule has 2 rings (SSSR count). The van der Waals surface area contributed by atoms with Crippen molar-refractivity contribution in [2.24, 2.45) is 0 Å². The molecule has 1 aromatic carbocycles. The molecule has 1 N–H and O–H groups in total. The van der Waals surface area contributed by atoms with Crippen LogP contribution in [0.15, 0.2) is 18.2 Å². The zero-order chi connectivity index (χ0) is 14.4. The second-order valence-corrected chi connectivity index (χ2v) is 5.49. The Labute approximate surface area is 108 Å². The number of H-pyrrole nitrogens is 1. The number of hydrogen-bond acceptors (Lipinski definition) is 1. The maximum absolute atomic E-state index is 12.7. The molecule has 0 saturated heterocycles. The van der Waals surface area contributed by atoms with Crippen molar-refractivity contribution in [3.05, 3.63) is 35.0 Å². The first-order valence-electron chi connectivity index (χ1n) is 5.78. The highest BCUT2D eigenvalue weighted by Crippen LogP contribution is 2.35. The third-order valence-electron chi connectivity index (χ3n) is 2.99. The quantitative estimate of drug-likeness (QED) is 0.756. The molecule has 0 saturated carbocycles. The maximum Gasteiger partial charge on any atom is 0.416 e. The number of nitriles is 1. The Kier molecular flexibility index (Phi) is 2.85. The van der Waals surface area contributed by atoms with Gasteiger partial charge in [-0.15, -0.1) is 0 Å². The Morgan fingerprint density at radius 2 is 1.79 bits per heavy atom. The summed E-state index contributed by atoms with van der Waals surface area (Å²) in [6.07, 6.45) is -4.38. The summed E-state index contributed by atoms with van der Waals surface area (Å²) in [4.78, 5) is 2.95. The van der Waals surface area contributed by atoms with E-state index in [1.54, 1.807) is 0 Å². The van der Waals surface area contributed by atoms with Crippen LogP contribution in [0.1, 0.15) is 37.6 Å². The third-order valence-corrected chi connectivity index (χ3v) is 2.99. The van der Waals surface area contributed by atoms with Crippen LogP contribution in [-0.4, -0.2) is 4.98 Å². The molecule has 2 nitrogen and oxygen atoms in total. The second kappa shape index (κ2) is 4.02. The fourth-order valence-corrected chi connectivity index (χ4v) is 2.05. The van der Waals surface area contributed by atoms with Crippen LogP contribution in [0.5, 0.6) is 0 Å². The van der Waals surface area contributed by atoms with E-state index in [-0.39, 0.29) is 5.41 Å². The van der Waals surface area contributed by atoms with Gasteiger partial charge in [-0.2, -0.15) is 18.4 Å². The first-order valence-corrected chi connectivity index (χ1v) is 5.78. The Hall–Kier alpha value is -1.96. The molecule has 0 fully saturated rings. The van der Waals surface area contributed by atoms with E-state index in [0.29, 0.717) is 22.2 Å². The second-order valence-electron chi connectivity index (χ2n) is 5.49. The molecule has 0 atom stereocenters. The fourth-order valence-electron chi connectivity index (χ4n) is 2.05. The summed E-state index contributed by atoms with van der Waals surface area (Å²) in [5.74, 6) is 0. The Morgan fingerprint density at radius 1 is 1.16 bits per heavy atom. The van der Waals surface area contributed by atoms with E-state index in [2.05, 4.69) is 11.1 Å². The topological polar surface area (TPSA) is 39.6 Å². The lowest BCUT2D eigenvalue weighted by Gasteiger charge is -2.16. The first kappa shape index (κ1) is 13.5. The van der Waals surface area contributed by atoms with Crippen LogP contribution in [0.3, 0.4) is 0 Å². The number of benzene rings is 1. The molecule has 0 unspecified atom stereocenters. The lowest BCUT2D eigenvalue weighted by Crippen LogP contribution is -2.13. The van der Waals surface area contributed by atoms with Gasteiger partial charge in [0.05, 0.1) is 11.1 Å². The van der Waals surface area contributed by atoms with Crippen molar-refractivity contribution in [2.75, 3.05) is 0 Å². The van der Waals surface area contributed by atoms with Crippen LogP contribution >= 0.6 is 0 Å². The van der Waals surface area contributed by atoms with Gasteiger partial charge in [0.1, 0.15) is 6.07 Å². The highest BCUT2D eigenvalue weighted by atomic mass is 19.4. The van der Waals surface area contributed by atoms with Crippen LogP contribution in [0.2, 0.25) is 0 Å². The normalized spacial score (nSPS) is 12.7. The zero-order valence-corrected chi connectivity index (χ0v) is 10.8. The average Bonchev–Trinajstić information content (AvgIpc) is 2.64. The summed E-state index contributed by atoms with van der Waals surface area (Å²) in [5, 5.41) is 9.73. The Bertz CT molecular complexity index is 667.